The lowest BCUT2D eigenvalue weighted by Crippen LogP contribution is -1.85. The van der Waals surface area contributed by atoms with Crippen molar-refractivity contribution in [2.75, 3.05) is 0 Å². The molecular weight excluding hydrogens is 84.1 g/mol. The van der Waals surface area contributed by atoms with Crippen molar-refractivity contribution in [3.63, 3.8) is 0 Å². The second-order valence-corrected chi connectivity index (χ2v) is 2.58. The molecule has 2 aliphatic carbocycles. The molecule has 0 aliphatic heterocycles. The van der Waals surface area contributed by atoms with E-state index >= 15 is 0 Å². The fourth-order valence-electron chi connectivity index (χ4n) is 1.07. The summed E-state index contributed by atoms with van der Waals surface area (Å²) in [7, 11) is 0. The highest BCUT2D eigenvalue weighted by atomic mass is 14.4. The van der Waals surface area contributed by atoms with Crippen LogP contribution in [0.1, 0.15) is 19.3 Å². The van der Waals surface area contributed by atoms with E-state index in [1.54, 1.807) is 0 Å². The van der Waals surface area contributed by atoms with Gasteiger partial charge in [-0.25, -0.2) is 0 Å². The predicted molar refractivity (Wildman–Crippen MR) is 28.9 cm³/mol. The lowest BCUT2D eigenvalue weighted by atomic mass is 10.1. The normalized spacial score (nSPS) is 29.7. The average Bonchev–Trinajstić information content (AvgIpc) is 2.15. The third-order valence-corrected chi connectivity index (χ3v) is 1.91. The van der Waals surface area contributed by atoms with E-state index in [2.05, 4.69) is 17.9 Å². The zero-order valence-electron chi connectivity index (χ0n) is 4.28. The molecule has 0 aromatic heterocycles. The quantitative estimate of drug-likeness (QED) is 0.400. The van der Waals surface area contributed by atoms with Gasteiger partial charge in [0.05, 0.1) is 0 Å². The van der Waals surface area contributed by atoms with Crippen molar-refractivity contribution in [1.29, 1.82) is 0 Å². The second-order valence-electron chi connectivity index (χ2n) is 2.58. The minimum Gasteiger partial charge on any atom is -0.129 e. The highest BCUT2D eigenvalue weighted by Gasteiger charge is 2.40. The van der Waals surface area contributed by atoms with Crippen molar-refractivity contribution in [2.45, 2.75) is 19.3 Å². The molecule has 0 unspecified atom stereocenters. The van der Waals surface area contributed by atoms with Gasteiger partial charge < -0.3 is 0 Å². The number of hydrogen-bond acceptors (Lipinski definition) is 0. The van der Waals surface area contributed by atoms with E-state index < -0.39 is 0 Å². The maximum Gasteiger partial charge on any atom is -0.000143 e. The van der Waals surface area contributed by atoms with E-state index in [-0.39, 0.29) is 0 Å². The molecule has 0 amide bonds. The fraction of sp³-hybridized carbons (Fsp3) is 0.571. The average molecular weight is 92.1 g/mol. The molecule has 0 N–H and O–H groups in total. The third-order valence-electron chi connectivity index (χ3n) is 1.91. The molecule has 0 aromatic rings. The molecule has 0 aromatic carbocycles. The van der Waals surface area contributed by atoms with E-state index in [1.807, 2.05) is 0 Å². The molecule has 1 saturated carbocycles. The van der Waals surface area contributed by atoms with Crippen LogP contribution in [0, 0.1) is 5.41 Å². The Morgan fingerprint density at radius 2 is 2.29 bits per heavy atom. The smallest absolute Gasteiger partial charge is 0.000143 e. The molecule has 2 aliphatic rings. The van der Waals surface area contributed by atoms with Crippen LogP contribution in [-0.2, 0) is 0 Å². The van der Waals surface area contributed by atoms with Gasteiger partial charge in [-0.2, -0.15) is 0 Å². The van der Waals surface area contributed by atoms with Gasteiger partial charge >= 0.3 is 0 Å². The first-order valence-electron chi connectivity index (χ1n) is 2.83. The van der Waals surface area contributed by atoms with Gasteiger partial charge in [-0.1, -0.05) is 0 Å². The minimum absolute atomic E-state index is 0.653. The fourth-order valence-corrected chi connectivity index (χ4v) is 1.07. The highest BCUT2D eigenvalue weighted by Crippen LogP contribution is 2.51. The molecule has 1 spiro atoms. The lowest BCUT2D eigenvalue weighted by molar-refractivity contribution is 0.686. The lowest BCUT2D eigenvalue weighted by Gasteiger charge is -1.94. The van der Waals surface area contributed by atoms with Crippen molar-refractivity contribution in [3.05, 3.63) is 17.9 Å². The zero-order chi connectivity index (χ0) is 4.74. The van der Waals surface area contributed by atoms with Gasteiger partial charge in [0.1, 0.15) is 0 Å². The van der Waals surface area contributed by atoms with Gasteiger partial charge in [0, 0.05) is 0 Å². The Kier molecular flexibility index (Phi) is 0.426. The van der Waals surface area contributed by atoms with E-state index in [0.717, 1.165) is 0 Å². The summed E-state index contributed by atoms with van der Waals surface area (Å²) in [6.07, 6.45) is 8.47. The maximum atomic E-state index is 3.12. The summed E-state index contributed by atoms with van der Waals surface area (Å²) in [5, 5.41) is 0. The summed E-state index contributed by atoms with van der Waals surface area (Å²) in [5.74, 6) is 0. The summed E-state index contributed by atoms with van der Waals surface area (Å²) in [4.78, 5) is 0. The Morgan fingerprint density at radius 3 is 2.57 bits per heavy atom. The first kappa shape index (κ1) is 3.51. The number of hydrogen-bond donors (Lipinski definition) is 0. The van der Waals surface area contributed by atoms with E-state index in [9.17, 15) is 0 Å². The Bertz CT molecular complexity index is 143. The maximum absolute atomic E-state index is 3.12. The molecule has 0 atom stereocenters. The Hall–Kier alpha value is -0.480. The first-order chi connectivity index (χ1) is 3.41. The van der Waals surface area contributed by atoms with Gasteiger partial charge in [0.2, 0.25) is 0 Å². The van der Waals surface area contributed by atoms with Crippen molar-refractivity contribution in [1.82, 2.24) is 0 Å². The zero-order valence-corrected chi connectivity index (χ0v) is 4.28. The molecule has 0 heterocycles. The van der Waals surface area contributed by atoms with E-state index in [4.69, 9.17) is 0 Å². The van der Waals surface area contributed by atoms with Crippen LogP contribution in [0.15, 0.2) is 17.9 Å². The molecular formula is C7H8. The van der Waals surface area contributed by atoms with Crippen LogP contribution < -0.4 is 0 Å². The standard InChI is InChI=1S/C7H8/c1-2-4-7(3-1)5-6-7/h1,4H,3,5-6H2. The van der Waals surface area contributed by atoms with Crippen molar-refractivity contribution >= 4 is 0 Å². The predicted octanol–water partition coefficient (Wildman–Crippen LogP) is 1.88. The molecule has 0 bridgehead atoms. The third kappa shape index (κ3) is 0.374. The van der Waals surface area contributed by atoms with Gasteiger partial charge in [0.15, 0.2) is 0 Å². The molecule has 36 valence electrons. The number of rotatable bonds is 0. The summed E-state index contributed by atoms with van der Waals surface area (Å²) in [6, 6.07) is 0. The summed E-state index contributed by atoms with van der Waals surface area (Å²) >= 11 is 0. The largest absolute Gasteiger partial charge is 0.129 e. The van der Waals surface area contributed by atoms with Gasteiger partial charge in [-0.05, 0) is 36.8 Å². The highest BCUT2D eigenvalue weighted by molar-refractivity contribution is 5.16. The first-order valence-corrected chi connectivity index (χ1v) is 2.83. The topological polar surface area (TPSA) is 0 Å². The molecule has 0 radical (unpaired) electrons. The van der Waals surface area contributed by atoms with E-state index in [0.29, 0.717) is 5.41 Å². The molecule has 2 rings (SSSR count). The van der Waals surface area contributed by atoms with Crippen LogP contribution in [0.25, 0.3) is 0 Å². The molecule has 7 heavy (non-hydrogen) atoms. The summed E-state index contributed by atoms with van der Waals surface area (Å²) in [6.45, 7) is 0. The Labute approximate surface area is 43.5 Å². The van der Waals surface area contributed by atoms with Crippen LogP contribution in [0.3, 0.4) is 0 Å². The van der Waals surface area contributed by atoms with Crippen molar-refractivity contribution < 1.29 is 0 Å². The SMILES string of the molecule is C1=CCC2(C=1)CC2. The van der Waals surface area contributed by atoms with Gasteiger partial charge in [-0.3, -0.25) is 0 Å². The van der Waals surface area contributed by atoms with Crippen LogP contribution in [0.4, 0.5) is 0 Å². The van der Waals surface area contributed by atoms with E-state index in [1.165, 1.54) is 19.3 Å². The second kappa shape index (κ2) is 0.850. The van der Waals surface area contributed by atoms with Crippen LogP contribution in [-0.4, -0.2) is 0 Å². The molecule has 0 nitrogen and oxygen atoms in total. The Morgan fingerprint density at radius 1 is 1.43 bits per heavy atom. The summed E-state index contributed by atoms with van der Waals surface area (Å²) in [5.41, 5.74) is 3.78. The van der Waals surface area contributed by atoms with Crippen LogP contribution >= 0.6 is 0 Å². The molecule has 0 saturated heterocycles. The van der Waals surface area contributed by atoms with Crippen LogP contribution in [0.5, 0.6) is 0 Å². The van der Waals surface area contributed by atoms with Crippen molar-refractivity contribution in [3.8, 4) is 0 Å². The molecule has 1 fully saturated rings. The summed E-state index contributed by atoms with van der Waals surface area (Å²) < 4.78 is 0. The van der Waals surface area contributed by atoms with Crippen molar-refractivity contribution in [2.24, 2.45) is 5.41 Å². The van der Waals surface area contributed by atoms with Crippen LogP contribution in [0.2, 0.25) is 0 Å². The monoisotopic (exact) mass is 92.1 g/mol. The number of allylic oxidation sites excluding steroid dienone is 1. The van der Waals surface area contributed by atoms with Gasteiger partial charge in [-0.15, -0.1) is 5.73 Å². The Balaban J connectivity index is 2.30. The molecule has 0 heteroatoms. The van der Waals surface area contributed by atoms with Gasteiger partial charge in [0.25, 0.3) is 0 Å². The minimum atomic E-state index is 0.653.